The van der Waals surface area contributed by atoms with Crippen molar-refractivity contribution in [3.05, 3.63) is 24.3 Å². The van der Waals surface area contributed by atoms with Crippen LogP contribution in [0.3, 0.4) is 0 Å². The van der Waals surface area contributed by atoms with Crippen LogP contribution >= 0.6 is 0 Å². The van der Waals surface area contributed by atoms with Crippen LogP contribution in [-0.4, -0.2) is 50.1 Å². The van der Waals surface area contributed by atoms with Gasteiger partial charge in [0, 0.05) is 5.69 Å². The average Bonchev–Trinajstić information content (AvgIpc) is 2.76. The second kappa shape index (κ2) is 7.50. The van der Waals surface area contributed by atoms with Crippen LogP contribution < -0.4 is 10.2 Å². The molecule has 1 aromatic rings. The minimum atomic E-state index is -3.53. The molecule has 2 rings (SSSR count). The molecule has 146 valence electrons. The van der Waals surface area contributed by atoms with E-state index in [-0.39, 0.29) is 0 Å². The van der Waals surface area contributed by atoms with Crippen molar-refractivity contribution in [3.8, 4) is 0 Å². The zero-order valence-electron chi connectivity index (χ0n) is 16.9. The molecule has 1 fully saturated rings. The number of nitrogens with one attached hydrogen (secondary N) is 1. The molecule has 0 bridgehead atoms. The topological polar surface area (TPSA) is 67.9 Å². The molecule has 6 nitrogen and oxygen atoms in total. The van der Waals surface area contributed by atoms with Gasteiger partial charge in [-0.15, -0.1) is 0 Å². The lowest BCUT2D eigenvalue weighted by molar-refractivity contribution is 0.00578. The van der Waals surface area contributed by atoms with Crippen molar-refractivity contribution in [2.75, 3.05) is 17.8 Å². The molecule has 8 heteroatoms. The molecule has 1 heterocycles. The van der Waals surface area contributed by atoms with Gasteiger partial charge < -0.3 is 9.31 Å². The van der Waals surface area contributed by atoms with Gasteiger partial charge in [0.25, 0.3) is 0 Å². The molecule has 1 aromatic carbocycles. The third-order valence-corrected chi connectivity index (χ3v) is 7.16. The second-order valence-electron chi connectivity index (χ2n) is 7.68. The summed E-state index contributed by atoms with van der Waals surface area (Å²) in [5.74, 6) is 0. The van der Waals surface area contributed by atoms with Crippen LogP contribution in [0.1, 0.15) is 48.5 Å². The van der Waals surface area contributed by atoms with Gasteiger partial charge in [-0.2, -0.15) is 0 Å². The smallest absolute Gasteiger partial charge is 0.399 e. The van der Waals surface area contributed by atoms with E-state index < -0.39 is 33.7 Å². The molecule has 1 atom stereocenters. The number of benzene rings is 1. The predicted molar refractivity (Wildman–Crippen MR) is 107 cm³/mol. The van der Waals surface area contributed by atoms with Crippen LogP contribution in [0.4, 0.5) is 5.69 Å². The fourth-order valence-electron chi connectivity index (χ4n) is 2.91. The first-order valence-electron chi connectivity index (χ1n) is 9.15. The van der Waals surface area contributed by atoms with E-state index in [0.29, 0.717) is 18.8 Å². The summed E-state index contributed by atoms with van der Waals surface area (Å²) >= 11 is 0. The molecule has 1 saturated heterocycles. The summed E-state index contributed by atoms with van der Waals surface area (Å²) in [6.07, 6.45) is 0. The van der Waals surface area contributed by atoms with Gasteiger partial charge in [0.1, 0.15) is 5.37 Å². The van der Waals surface area contributed by atoms with Crippen molar-refractivity contribution in [2.45, 2.75) is 65.0 Å². The minimum Gasteiger partial charge on any atom is -0.399 e. The normalized spacial score (nSPS) is 20.4. The zero-order valence-corrected chi connectivity index (χ0v) is 17.7. The van der Waals surface area contributed by atoms with Crippen molar-refractivity contribution in [2.24, 2.45) is 0 Å². The number of hydrogen-bond donors (Lipinski definition) is 1. The van der Waals surface area contributed by atoms with Crippen molar-refractivity contribution in [3.63, 3.8) is 0 Å². The fraction of sp³-hybridized carbons (Fsp3) is 0.667. The number of anilines is 1. The maximum atomic E-state index is 12.7. The first-order valence-corrected chi connectivity index (χ1v) is 10.7. The molecule has 0 radical (unpaired) electrons. The molecule has 1 N–H and O–H groups in total. The Hall–Kier alpha value is -1.09. The largest absolute Gasteiger partial charge is 0.494 e. The second-order valence-corrected chi connectivity index (χ2v) is 9.66. The van der Waals surface area contributed by atoms with Gasteiger partial charge in [-0.05, 0) is 65.3 Å². The number of sulfonamides is 1. The van der Waals surface area contributed by atoms with Gasteiger partial charge in [0.05, 0.1) is 11.2 Å². The first kappa shape index (κ1) is 21.2. The first-order chi connectivity index (χ1) is 11.9. The van der Waals surface area contributed by atoms with Crippen LogP contribution in [-0.2, 0) is 19.3 Å². The van der Waals surface area contributed by atoms with E-state index in [1.807, 2.05) is 52.5 Å². The summed E-state index contributed by atoms with van der Waals surface area (Å²) in [4.78, 5) is 1.89. The average molecular weight is 382 g/mol. The summed E-state index contributed by atoms with van der Waals surface area (Å²) in [5, 5.41) is -0.613. The molecule has 1 unspecified atom stereocenters. The lowest BCUT2D eigenvalue weighted by Crippen LogP contribution is -2.41. The quantitative estimate of drug-likeness (QED) is 0.734. The molecule has 1 aliphatic rings. The van der Waals surface area contributed by atoms with Gasteiger partial charge in [-0.3, -0.25) is 9.62 Å². The van der Waals surface area contributed by atoms with Crippen LogP contribution in [0.5, 0.6) is 0 Å². The maximum Gasteiger partial charge on any atom is 0.494 e. The van der Waals surface area contributed by atoms with Gasteiger partial charge in [-0.1, -0.05) is 26.0 Å². The van der Waals surface area contributed by atoms with E-state index in [1.54, 1.807) is 25.1 Å². The summed E-state index contributed by atoms with van der Waals surface area (Å²) < 4.78 is 40.2. The maximum absolute atomic E-state index is 12.7. The molecule has 0 amide bonds. The summed E-state index contributed by atoms with van der Waals surface area (Å²) in [6, 6.07) is 7.20. The van der Waals surface area contributed by atoms with Gasteiger partial charge in [0.15, 0.2) is 0 Å². The highest BCUT2D eigenvalue weighted by molar-refractivity contribution is 7.93. The molecule has 0 saturated carbocycles. The molecule has 26 heavy (non-hydrogen) atoms. The standard InChI is InChI=1S/C18H31BN2O4S/c1-8-21(9-2)14(3)26(22,23)20-16-12-10-11-15(13-16)19-24-17(4,5)18(6,7)25-19/h10-14,20H,8-9H2,1-7H3. The van der Waals surface area contributed by atoms with Crippen molar-refractivity contribution >= 4 is 28.3 Å². The Labute approximate surface area is 158 Å². The Morgan fingerprint density at radius 1 is 1.12 bits per heavy atom. The van der Waals surface area contributed by atoms with E-state index in [0.717, 1.165) is 5.46 Å². The molecule has 0 aliphatic carbocycles. The Bertz CT molecular complexity index is 716. The van der Waals surface area contributed by atoms with E-state index in [2.05, 4.69) is 4.72 Å². The van der Waals surface area contributed by atoms with Crippen molar-refractivity contribution < 1.29 is 17.7 Å². The Morgan fingerprint density at radius 3 is 2.15 bits per heavy atom. The Kier molecular flexibility index (Phi) is 6.12. The third kappa shape index (κ3) is 4.25. The van der Waals surface area contributed by atoms with E-state index >= 15 is 0 Å². The molecule has 1 aliphatic heterocycles. The zero-order chi connectivity index (χ0) is 19.8. The van der Waals surface area contributed by atoms with E-state index in [9.17, 15) is 8.42 Å². The predicted octanol–water partition coefficient (Wildman–Crippen LogP) is 2.42. The molecule has 0 aromatic heterocycles. The van der Waals surface area contributed by atoms with Gasteiger partial charge in [0.2, 0.25) is 10.0 Å². The lowest BCUT2D eigenvalue weighted by Gasteiger charge is -2.32. The molecule has 0 spiro atoms. The number of rotatable bonds is 7. The lowest BCUT2D eigenvalue weighted by atomic mass is 9.79. The number of nitrogens with zero attached hydrogens (tertiary/aromatic N) is 1. The summed E-state index contributed by atoms with van der Waals surface area (Å²) in [5.41, 5.74) is 0.421. The highest BCUT2D eigenvalue weighted by Crippen LogP contribution is 2.36. The summed E-state index contributed by atoms with van der Waals surface area (Å²) in [7, 11) is -4.05. The van der Waals surface area contributed by atoms with E-state index in [1.165, 1.54) is 0 Å². The minimum absolute atomic E-state index is 0.440. The molecular formula is C18H31BN2O4S. The Balaban J connectivity index is 2.20. The monoisotopic (exact) mass is 382 g/mol. The van der Waals surface area contributed by atoms with Crippen molar-refractivity contribution in [1.82, 2.24) is 4.90 Å². The van der Waals surface area contributed by atoms with E-state index in [4.69, 9.17) is 9.31 Å². The van der Waals surface area contributed by atoms with Crippen LogP contribution in [0.15, 0.2) is 24.3 Å². The summed E-state index contributed by atoms with van der Waals surface area (Å²) in [6.45, 7) is 14.9. The highest BCUT2D eigenvalue weighted by Gasteiger charge is 2.51. The van der Waals surface area contributed by atoms with Crippen molar-refractivity contribution in [1.29, 1.82) is 0 Å². The van der Waals surface area contributed by atoms with Crippen LogP contribution in [0.2, 0.25) is 0 Å². The van der Waals surface area contributed by atoms with Crippen LogP contribution in [0.25, 0.3) is 0 Å². The fourth-order valence-corrected chi connectivity index (χ4v) is 4.23. The molecular weight excluding hydrogens is 351 g/mol. The van der Waals surface area contributed by atoms with Gasteiger partial charge >= 0.3 is 7.12 Å². The number of hydrogen-bond acceptors (Lipinski definition) is 5. The van der Waals surface area contributed by atoms with Crippen LogP contribution in [0, 0.1) is 0 Å². The Morgan fingerprint density at radius 2 is 1.65 bits per heavy atom. The SMILES string of the molecule is CCN(CC)C(C)S(=O)(=O)Nc1cccc(B2OC(C)(C)C(C)(C)O2)c1. The van der Waals surface area contributed by atoms with Gasteiger partial charge in [-0.25, -0.2) is 8.42 Å². The highest BCUT2D eigenvalue weighted by atomic mass is 32.2. The third-order valence-electron chi connectivity index (χ3n) is 5.45.